The maximum absolute atomic E-state index is 11.7. The van der Waals surface area contributed by atoms with Gasteiger partial charge in [-0.2, -0.15) is 0 Å². The molecule has 0 saturated heterocycles. The Bertz CT molecular complexity index is 771. The van der Waals surface area contributed by atoms with E-state index in [2.05, 4.69) is 5.10 Å². The zero-order chi connectivity index (χ0) is 14.7. The summed E-state index contributed by atoms with van der Waals surface area (Å²) < 4.78 is 7.23. The molecule has 1 aromatic heterocycles. The maximum Gasteiger partial charge on any atom is 0.271 e. The van der Waals surface area contributed by atoms with Crippen molar-refractivity contribution in [1.29, 1.82) is 0 Å². The zero-order valence-corrected chi connectivity index (χ0v) is 11.7. The van der Waals surface area contributed by atoms with Crippen LogP contribution in [0.5, 0.6) is 5.75 Å². The van der Waals surface area contributed by atoms with Gasteiger partial charge in [0.15, 0.2) is 0 Å². The van der Waals surface area contributed by atoms with Gasteiger partial charge in [0.05, 0.1) is 5.69 Å². The minimum Gasteiger partial charge on any atom is -0.489 e. The van der Waals surface area contributed by atoms with Gasteiger partial charge in [-0.1, -0.05) is 30.3 Å². The number of aromatic amines is 1. The summed E-state index contributed by atoms with van der Waals surface area (Å²) in [7, 11) is 0. The van der Waals surface area contributed by atoms with Gasteiger partial charge in [-0.15, -0.1) is 0 Å². The number of aromatic nitrogens is 2. The molecule has 0 unspecified atom stereocenters. The molecule has 1 N–H and O–H groups in total. The van der Waals surface area contributed by atoms with Crippen molar-refractivity contribution in [3.8, 4) is 11.4 Å². The summed E-state index contributed by atoms with van der Waals surface area (Å²) >= 11 is 0. The Kier molecular flexibility index (Phi) is 3.60. The highest BCUT2D eigenvalue weighted by Crippen LogP contribution is 2.15. The van der Waals surface area contributed by atoms with Crippen LogP contribution in [0.4, 0.5) is 0 Å². The number of ether oxygens (including phenoxy) is 1. The molecular formula is C17H16N2O2. The number of nitrogens with one attached hydrogen (secondary N) is 1. The molecule has 0 aliphatic carbocycles. The predicted octanol–water partition coefficient (Wildman–Crippen LogP) is 3.05. The number of aryl methyl sites for hydroxylation is 1. The van der Waals surface area contributed by atoms with Gasteiger partial charge in [0, 0.05) is 11.8 Å². The number of hydrogen-bond acceptors (Lipinski definition) is 2. The smallest absolute Gasteiger partial charge is 0.271 e. The van der Waals surface area contributed by atoms with Crippen molar-refractivity contribution in [1.82, 2.24) is 9.78 Å². The third-order valence-electron chi connectivity index (χ3n) is 3.19. The maximum atomic E-state index is 11.7. The first-order valence-electron chi connectivity index (χ1n) is 6.78. The van der Waals surface area contributed by atoms with E-state index in [1.165, 1.54) is 4.68 Å². The Labute approximate surface area is 122 Å². The highest BCUT2D eigenvalue weighted by atomic mass is 16.5. The summed E-state index contributed by atoms with van der Waals surface area (Å²) in [4.78, 5) is 11.7. The first kappa shape index (κ1) is 13.2. The molecule has 106 valence electrons. The molecule has 3 aromatic rings. The molecule has 0 radical (unpaired) electrons. The highest BCUT2D eigenvalue weighted by molar-refractivity contribution is 5.37. The van der Waals surface area contributed by atoms with Crippen molar-refractivity contribution in [3.63, 3.8) is 0 Å². The van der Waals surface area contributed by atoms with Crippen LogP contribution < -0.4 is 10.3 Å². The summed E-state index contributed by atoms with van der Waals surface area (Å²) in [6, 6.07) is 19.0. The molecule has 2 aromatic carbocycles. The molecule has 3 rings (SSSR count). The molecule has 0 aliphatic heterocycles. The highest BCUT2D eigenvalue weighted by Gasteiger charge is 2.03. The Morgan fingerprint density at radius 2 is 1.76 bits per heavy atom. The number of rotatable bonds is 4. The van der Waals surface area contributed by atoms with E-state index in [1.54, 1.807) is 6.07 Å². The van der Waals surface area contributed by atoms with Crippen LogP contribution in [0, 0.1) is 6.92 Å². The third kappa shape index (κ3) is 3.05. The van der Waals surface area contributed by atoms with Crippen molar-refractivity contribution in [2.24, 2.45) is 0 Å². The van der Waals surface area contributed by atoms with Crippen LogP contribution in [0.25, 0.3) is 5.69 Å². The van der Waals surface area contributed by atoms with Gasteiger partial charge >= 0.3 is 0 Å². The van der Waals surface area contributed by atoms with Crippen molar-refractivity contribution < 1.29 is 4.74 Å². The molecule has 0 saturated carbocycles. The average Bonchev–Trinajstić information content (AvgIpc) is 2.85. The topological polar surface area (TPSA) is 47.0 Å². The summed E-state index contributed by atoms with van der Waals surface area (Å²) in [6.07, 6.45) is 0. The summed E-state index contributed by atoms with van der Waals surface area (Å²) in [5, 5.41) is 3.00. The standard InChI is InChI=1S/C17H16N2O2/c1-13-11-17(20)19(18-13)15-7-9-16(10-8-15)21-12-14-5-3-2-4-6-14/h2-11,18H,12H2,1H3. The number of nitrogens with zero attached hydrogens (tertiary/aromatic N) is 1. The van der Waals surface area contributed by atoms with E-state index in [0.717, 1.165) is 22.7 Å². The van der Waals surface area contributed by atoms with E-state index >= 15 is 0 Å². The van der Waals surface area contributed by atoms with Gasteiger partial charge in [0.2, 0.25) is 0 Å². The summed E-state index contributed by atoms with van der Waals surface area (Å²) in [5.41, 5.74) is 2.69. The SMILES string of the molecule is Cc1cc(=O)n(-c2ccc(OCc3ccccc3)cc2)[nH]1. The fourth-order valence-electron chi connectivity index (χ4n) is 2.14. The molecule has 0 atom stereocenters. The molecule has 0 fully saturated rings. The molecule has 4 heteroatoms. The molecular weight excluding hydrogens is 264 g/mol. The van der Waals surface area contributed by atoms with Crippen LogP contribution in [-0.4, -0.2) is 9.78 Å². The van der Waals surface area contributed by atoms with Crippen LogP contribution in [-0.2, 0) is 6.61 Å². The molecule has 0 amide bonds. The fraction of sp³-hybridized carbons (Fsp3) is 0.118. The normalized spacial score (nSPS) is 10.5. The second-order valence-electron chi connectivity index (χ2n) is 4.88. The van der Waals surface area contributed by atoms with E-state index in [4.69, 9.17) is 4.74 Å². The van der Waals surface area contributed by atoms with E-state index in [0.29, 0.717) is 6.61 Å². The van der Waals surface area contributed by atoms with Crippen LogP contribution in [0.3, 0.4) is 0 Å². The van der Waals surface area contributed by atoms with E-state index < -0.39 is 0 Å². The first-order valence-corrected chi connectivity index (χ1v) is 6.78. The lowest BCUT2D eigenvalue weighted by atomic mass is 10.2. The average molecular weight is 280 g/mol. The minimum absolute atomic E-state index is 0.0644. The Morgan fingerprint density at radius 1 is 1.05 bits per heavy atom. The number of H-pyrrole nitrogens is 1. The van der Waals surface area contributed by atoms with Gasteiger partial charge < -0.3 is 4.74 Å². The van der Waals surface area contributed by atoms with Crippen molar-refractivity contribution >= 4 is 0 Å². The second kappa shape index (κ2) is 5.71. The van der Waals surface area contributed by atoms with Gasteiger partial charge in [0.25, 0.3) is 5.56 Å². The molecule has 0 bridgehead atoms. The third-order valence-corrected chi connectivity index (χ3v) is 3.19. The van der Waals surface area contributed by atoms with E-state index in [9.17, 15) is 4.79 Å². The summed E-state index contributed by atoms with van der Waals surface area (Å²) in [6.45, 7) is 2.39. The molecule has 0 spiro atoms. The van der Waals surface area contributed by atoms with Crippen LogP contribution in [0.15, 0.2) is 65.5 Å². The number of hydrogen-bond donors (Lipinski definition) is 1. The van der Waals surface area contributed by atoms with Gasteiger partial charge in [-0.05, 0) is 36.8 Å². The molecule has 21 heavy (non-hydrogen) atoms. The zero-order valence-electron chi connectivity index (χ0n) is 11.7. The monoisotopic (exact) mass is 280 g/mol. The second-order valence-corrected chi connectivity index (χ2v) is 4.88. The number of benzene rings is 2. The van der Waals surface area contributed by atoms with E-state index in [-0.39, 0.29) is 5.56 Å². The van der Waals surface area contributed by atoms with Crippen LogP contribution in [0.2, 0.25) is 0 Å². The van der Waals surface area contributed by atoms with Gasteiger partial charge in [-0.25, -0.2) is 4.68 Å². The van der Waals surface area contributed by atoms with Crippen molar-refractivity contribution in [3.05, 3.63) is 82.3 Å². The summed E-state index contributed by atoms with van der Waals surface area (Å²) in [5.74, 6) is 0.777. The van der Waals surface area contributed by atoms with Crippen molar-refractivity contribution in [2.45, 2.75) is 13.5 Å². The molecule has 1 heterocycles. The molecule has 0 aliphatic rings. The van der Waals surface area contributed by atoms with Crippen molar-refractivity contribution in [2.75, 3.05) is 0 Å². The van der Waals surface area contributed by atoms with Crippen LogP contribution >= 0.6 is 0 Å². The predicted molar refractivity (Wildman–Crippen MR) is 81.9 cm³/mol. The quantitative estimate of drug-likeness (QED) is 0.798. The van der Waals surface area contributed by atoms with E-state index in [1.807, 2.05) is 61.5 Å². The lowest BCUT2D eigenvalue weighted by molar-refractivity contribution is 0.306. The Morgan fingerprint density at radius 3 is 2.38 bits per heavy atom. The van der Waals surface area contributed by atoms with Gasteiger partial charge in [0.1, 0.15) is 12.4 Å². The minimum atomic E-state index is -0.0644. The fourth-order valence-corrected chi connectivity index (χ4v) is 2.14. The van der Waals surface area contributed by atoms with Crippen LogP contribution in [0.1, 0.15) is 11.3 Å². The van der Waals surface area contributed by atoms with Gasteiger partial charge in [-0.3, -0.25) is 9.89 Å². The Balaban J connectivity index is 1.72. The lowest BCUT2D eigenvalue weighted by Crippen LogP contribution is -2.13. The molecule has 4 nitrogen and oxygen atoms in total. The Hall–Kier alpha value is -2.75. The first-order chi connectivity index (χ1) is 10.2. The largest absolute Gasteiger partial charge is 0.489 e. The lowest BCUT2D eigenvalue weighted by Gasteiger charge is -2.07.